The maximum atomic E-state index is 13.0. The van der Waals surface area contributed by atoms with Crippen molar-refractivity contribution in [2.75, 3.05) is 18.5 Å². The van der Waals surface area contributed by atoms with E-state index in [-0.39, 0.29) is 12.5 Å². The zero-order chi connectivity index (χ0) is 22.8. The van der Waals surface area contributed by atoms with Gasteiger partial charge in [-0.2, -0.15) is 5.10 Å². The number of ether oxygens (including phenoxy) is 1. The lowest BCUT2D eigenvalue weighted by molar-refractivity contribution is 0.0997. The summed E-state index contributed by atoms with van der Waals surface area (Å²) in [5.41, 5.74) is 8.62. The first kappa shape index (κ1) is 21.6. The number of nitrogens with one attached hydrogen (secondary N) is 1. The normalized spacial score (nSPS) is 12.9. The summed E-state index contributed by atoms with van der Waals surface area (Å²) in [7, 11) is 0. The number of thiophene rings is 1. The van der Waals surface area contributed by atoms with Gasteiger partial charge in [0.05, 0.1) is 41.9 Å². The molecule has 1 aliphatic heterocycles. The van der Waals surface area contributed by atoms with Crippen LogP contribution in [0.5, 0.6) is 0 Å². The van der Waals surface area contributed by atoms with Crippen LogP contribution in [0.3, 0.4) is 0 Å². The van der Waals surface area contributed by atoms with Gasteiger partial charge in [0, 0.05) is 11.4 Å². The van der Waals surface area contributed by atoms with Gasteiger partial charge >= 0.3 is 6.09 Å². The Kier molecular flexibility index (Phi) is 5.95. The summed E-state index contributed by atoms with van der Waals surface area (Å²) in [6.45, 7) is 4.56. The predicted octanol–water partition coefficient (Wildman–Crippen LogP) is 3.11. The quantitative estimate of drug-likeness (QED) is 0.615. The second kappa shape index (κ2) is 8.83. The summed E-state index contributed by atoms with van der Waals surface area (Å²) in [6, 6.07) is 9.49. The van der Waals surface area contributed by atoms with Gasteiger partial charge in [-0.3, -0.25) is 9.59 Å². The second-order valence-corrected chi connectivity index (χ2v) is 8.39. The first-order valence-electron chi connectivity index (χ1n) is 10.2. The number of aromatic nitrogens is 2. The number of rotatable bonds is 5. The van der Waals surface area contributed by atoms with Gasteiger partial charge in [-0.25, -0.2) is 9.48 Å². The molecule has 0 spiro atoms. The van der Waals surface area contributed by atoms with Crippen LogP contribution in [0, 0.1) is 6.92 Å². The largest absolute Gasteiger partial charge is 0.450 e. The number of hydrogen-bond donors (Lipinski definition) is 2. The van der Waals surface area contributed by atoms with E-state index in [9.17, 15) is 14.4 Å². The number of carbonyl (C=O) groups is 3. The van der Waals surface area contributed by atoms with Gasteiger partial charge in [-0.05, 0) is 38.0 Å². The summed E-state index contributed by atoms with van der Waals surface area (Å²) >= 11 is 1.25. The van der Waals surface area contributed by atoms with Crippen molar-refractivity contribution in [1.29, 1.82) is 0 Å². The number of benzene rings is 1. The molecule has 32 heavy (non-hydrogen) atoms. The molecule has 0 saturated carbocycles. The molecule has 166 valence electrons. The average molecular weight is 454 g/mol. The molecule has 0 atom stereocenters. The minimum absolute atomic E-state index is 0.288. The highest BCUT2D eigenvalue weighted by Gasteiger charge is 2.30. The van der Waals surface area contributed by atoms with E-state index in [1.165, 1.54) is 17.5 Å². The van der Waals surface area contributed by atoms with E-state index in [0.717, 1.165) is 16.1 Å². The molecule has 9 nitrogen and oxygen atoms in total. The highest BCUT2D eigenvalue weighted by atomic mass is 32.1. The predicted molar refractivity (Wildman–Crippen MR) is 120 cm³/mol. The third-order valence-corrected chi connectivity index (χ3v) is 6.44. The van der Waals surface area contributed by atoms with E-state index >= 15 is 0 Å². The van der Waals surface area contributed by atoms with Crippen LogP contribution in [0.15, 0.2) is 36.5 Å². The number of carbonyl (C=O) groups excluding carboxylic acids is 3. The summed E-state index contributed by atoms with van der Waals surface area (Å²) in [6.07, 6.45) is 1.56. The van der Waals surface area contributed by atoms with Crippen LogP contribution in [-0.2, 0) is 17.7 Å². The van der Waals surface area contributed by atoms with Crippen LogP contribution < -0.4 is 11.1 Å². The van der Waals surface area contributed by atoms with Gasteiger partial charge in [0.2, 0.25) is 0 Å². The van der Waals surface area contributed by atoms with Crippen molar-refractivity contribution in [2.24, 2.45) is 5.73 Å². The molecule has 0 fully saturated rings. The Bertz CT molecular complexity index is 1180. The van der Waals surface area contributed by atoms with Crippen LogP contribution in [-0.4, -0.2) is 45.7 Å². The van der Waals surface area contributed by atoms with E-state index in [2.05, 4.69) is 10.4 Å². The Labute approximate surface area is 188 Å². The number of amides is 3. The summed E-state index contributed by atoms with van der Waals surface area (Å²) in [5.74, 6) is -0.993. The number of nitrogens with two attached hydrogens (primary N) is 1. The maximum absolute atomic E-state index is 13.0. The molecule has 3 aromatic rings. The number of primary amides is 1. The zero-order valence-electron chi connectivity index (χ0n) is 17.8. The Morgan fingerprint density at radius 3 is 2.69 bits per heavy atom. The fourth-order valence-corrected chi connectivity index (χ4v) is 5.02. The van der Waals surface area contributed by atoms with E-state index in [4.69, 9.17) is 10.5 Å². The van der Waals surface area contributed by atoms with Crippen molar-refractivity contribution in [2.45, 2.75) is 26.8 Å². The fourth-order valence-electron chi connectivity index (χ4n) is 3.76. The minimum atomic E-state index is -0.612. The van der Waals surface area contributed by atoms with E-state index in [1.54, 1.807) is 23.4 Å². The number of nitrogens with zero attached hydrogens (tertiary/aromatic N) is 3. The van der Waals surface area contributed by atoms with Crippen LogP contribution >= 0.6 is 11.3 Å². The van der Waals surface area contributed by atoms with Crippen molar-refractivity contribution >= 4 is 34.2 Å². The standard InChI is InChI=1S/C22H23N5O4S/c1-3-31-22(30)26-10-9-15-17(12-26)32-21(18(15)19(23)28)25-20(29)16-11-24-27(13(16)2)14-7-5-4-6-8-14/h4-8,11H,3,9-10,12H2,1-2H3,(H2,23,28)(H,25,29). The lowest BCUT2D eigenvalue weighted by Gasteiger charge is -2.26. The molecule has 0 aliphatic carbocycles. The molecule has 10 heteroatoms. The molecule has 3 N–H and O–H groups in total. The Morgan fingerprint density at radius 1 is 1.25 bits per heavy atom. The van der Waals surface area contributed by atoms with E-state index < -0.39 is 12.0 Å². The van der Waals surface area contributed by atoms with Crippen molar-refractivity contribution in [1.82, 2.24) is 14.7 Å². The molecule has 1 aliphatic rings. The Morgan fingerprint density at radius 2 is 2.00 bits per heavy atom. The molecule has 3 heterocycles. The van der Waals surface area contributed by atoms with Crippen LogP contribution in [0.25, 0.3) is 5.69 Å². The second-order valence-electron chi connectivity index (χ2n) is 7.29. The SMILES string of the molecule is CCOC(=O)N1CCc2c(sc(NC(=O)c3cnn(-c4ccccc4)c3C)c2C(N)=O)C1. The average Bonchev–Trinajstić information content (AvgIpc) is 3.33. The van der Waals surface area contributed by atoms with Crippen LogP contribution in [0.1, 0.15) is 43.8 Å². The topological polar surface area (TPSA) is 120 Å². The Balaban J connectivity index is 1.60. The van der Waals surface area contributed by atoms with Crippen molar-refractivity contribution in [3.63, 3.8) is 0 Å². The molecule has 0 radical (unpaired) electrons. The van der Waals surface area contributed by atoms with Gasteiger partial charge in [0.1, 0.15) is 5.00 Å². The first-order valence-corrected chi connectivity index (χ1v) is 11.0. The van der Waals surface area contributed by atoms with E-state index in [1.807, 2.05) is 30.3 Å². The molecule has 2 aromatic heterocycles. The third kappa shape index (κ3) is 3.96. The number of fused-ring (bicyclic) bond motifs is 1. The number of para-hydroxylation sites is 1. The van der Waals surface area contributed by atoms with Crippen molar-refractivity contribution in [3.05, 3.63) is 63.8 Å². The van der Waals surface area contributed by atoms with Crippen molar-refractivity contribution < 1.29 is 19.1 Å². The van der Waals surface area contributed by atoms with Gasteiger partial charge < -0.3 is 20.7 Å². The minimum Gasteiger partial charge on any atom is -0.450 e. The zero-order valence-corrected chi connectivity index (χ0v) is 18.6. The summed E-state index contributed by atoms with van der Waals surface area (Å²) in [4.78, 5) is 39.7. The molecule has 4 rings (SSSR count). The van der Waals surface area contributed by atoms with E-state index in [0.29, 0.717) is 41.3 Å². The molecule has 1 aromatic carbocycles. The Hall–Kier alpha value is -3.66. The summed E-state index contributed by atoms with van der Waals surface area (Å²) < 4.78 is 6.76. The molecular weight excluding hydrogens is 430 g/mol. The fraction of sp³-hybridized carbons (Fsp3) is 0.273. The first-order chi connectivity index (χ1) is 15.4. The van der Waals surface area contributed by atoms with Gasteiger partial charge in [0.15, 0.2) is 0 Å². The van der Waals surface area contributed by atoms with Gasteiger partial charge in [-0.15, -0.1) is 11.3 Å². The molecule has 0 unspecified atom stereocenters. The highest BCUT2D eigenvalue weighted by Crippen LogP contribution is 2.37. The molecule has 0 bridgehead atoms. The maximum Gasteiger partial charge on any atom is 0.410 e. The van der Waals surface area contributed by atoms with Gasteiger partial charge in [-0.1, -0.05) is 18.2 Å². The van der Waals surface area contributed by atoms with Crippen molar-refractivity contribution in [3.8, 4) is 5.69 Å². The van der Waals surface area contributed by atoms with Crippen LogP contribution in [0.2, 0.25) is 0 Å². The molecule has 3 amide bonds. The van der Waals surface area contributed by atoms with Crippen LogP contribution in [0.4, 0.5) is 9.80 Å². The lowest BCUT2D eigenvalue weighted by atomic mass is 10.0. The summed E-state index contributed by atoms with van der Waals surface area (Å²) in [5, 5.41) is 7.54. The number of anilines is 1. The highest BCUT2D eigenvalue weighted by molar-refractivity contribution is 7.17. The van der Waals surface area contributed by atoms with Gasteiger partial charge in [0.25, 0.3) is 11.8 Å². The smallest absolute Gasteiger partial charge is 0.410 e. The lowest BCUT2D eigenvalue weighted by Crippen LogP contribution is -2.36. The molecule has 0 saturated heterocycles. The third-order valence-electron chi connectivity index (χ3n) is 5.31. The molecular formula is C22H23N5O4S. The monoisotopic (exact) mass is 453 g/mol. The number of hydrogen-bond acceptors (Lipinski definition) is 6.